The van der Waals surface area contributed by atoms with Crippen LogP contribution in [0.2, 0.25) is 0 Å². The lowest BCUT2D eigenvalue weighted by Gasteiger charge is -2.27. The van der Waals surface area contributed by atoms with Crippen molar-refractivity contribution in [2.45, 2.75) is 51.7 Å². The molecule has 1 N–H and O–H groups in total. The summed E-state index contributed by atoms with van der Waals surface area (Å²) in [6.07, 6.45) is 0.0554. The molecule has 0 unspecified atom stereocenters. The average Bonchev–Trinajstić information content (AvgIpc) is 2.49. The number of ether oxygens (including phenoxy) is 2. The molecule has 7 nitrogen and oxygen atoms in total. The van der Waals surface area contributed by atoms with Crippen LogP contribution in [0.3, 0.4) is 0 Å². The fourth-order valence-corrected chi connectivity index (χ4v) is 3.85. The highest BCUT2D eigenvalue weighted by molar-refractivity contribution is 7.91. The van der Waals surface area contributed by atoms with E-state index in [4.69, 9.17) is 4.74 Å². The summed E-state index contributed by atoms with van der Waals surface area (Å²) in [7, 11) is -1.86. The van der Waals surface area contributed by atoms with Gasteiger partial charge < -0.3 is 14.8 Å². The summed E-state index contributed by atoms with van der Waals surface area (Å²) in [6, 6.07) is -0.425. The van der Waals surface area contributed by atoms with Gasteiger partial charge in [0.15, 0.2) is 0 Å². The first-order valence-corrected chi connectivity index (χ1v) is 9.11. The van der Waals surface area contributed by atoms with Gasteiger partial charge in [-0.3, -0.25) is 4.79 Å². The zero-order valence-corrected chi connectivity index (χ0v) is 14.4. The van der Waals surface area contributed by atoms with Crippen molar-refractivity contribution in [1.82, 2.24) is 5.32 Å². The van der Waals surface area contributed by atoms with Crippen LogP contribution in [0.25, 0.3) is 0 Å². The summed E-state index contributed by atoms with van der Waals surface area (Å²) < 4.78 is 33.4. The Kier molecular flexibility index (Phi) is 6.22. The van der Waals surface area contributed by atoms with Crippen LogP contribution in [0.4, 0.5) is 4.79 Å². The molecule has 0 saturated carbocycles. The van der Waals surface area contributed by atoms with E-state index in [0.29, 0.717) is 6.42 Å². The Morgan fingerprint density at radius 2 is 1.77 bits per heavy atom. The Morgan fingerprint density at radius 3 is 2.32 bits per heavy atom. The van der Waals surface area contributed by atoms with Crippen LogP contribution < -0.4 is 5.32 Å². The van der Waals surface area contributed by atoms with Gasteiger partial charge >= 0.3 is 12.1 Å². The molecule has 2 atom stereocenters. The van der Waals surface area contributed by atoms with E-state index in [-0.39, 0.29) is 30.3 Å². The van der Waals surface area contributed by atoms with Crippen LogP contribution in [-0.2, 0) is 24.1 Å². The smallest absolute Gasteiger partial charge is 0.407 e. The topological polar surface area (TPSA) is 98.8 Å². The molecule has 0 bridgehead atoms. The third-order valence-corrected chi connectivity index (χ3v) is 5.18. The minimum absolute atomic E-state index is 0.00879. The number of sulfone groups is 1. The van der Waals surface area contributed by atoms with E-state index in [9.17, 15) is 18.0 Å². The van der Waals surface area contributed by atoms with E-state index in [1.54, 1.807) is 20.8 Å². The summed E-state index contributed by atoms with van der Waals surface area (Å²) in [6.45, 7) is 5.24. The highest BCUT2D eigenvalue weighted by Gasteiger charge is 2.33. The van der Waals surface area contributed by atoms with Gasteiger partial charge in [0.25, 0.3) is 0 Å². The molecule has 128 valence electrons. The number of methoxy groups -OCH3 is 1. The molecule has 0 aromatic carbocycles. The molecule has 1 fully saturated rings. The molecule has 0 aliphatic carbocycles. The van der Waals surface area contributed by atoms with E-state index < -0.39 is 33.5 Å². The summed E-state index contributed by atoms with van der Waals surface area (Å²) in [5.74, 6) is -0.690. The predicted octanol–water partition coefficient (Wildman–Crippen LogP) is 1.27. The summed E-state index contributed by atoms with van der Waals surface area (Å²) >= 11 is 0. The van der Waals surface area contributed by atoms with Crippen LogP contribution in [0, 0.1) is 5.92 Å². The maximum absolute atomic E-state index is 11.9. The molecule has 0 aromatic rings. The minimum atomic E-state index is -3.14. The van der Waals surface area contributed by atoms with Gasteiger partial charge in [0, 0.05) is 6.04 Å². The van der Waals surface area contributed by atoms with Gasteiger partial charge in [0.1, 0.15) is 15.4 Å². The van der Waals surface area contributed by atoms with Crippen molar-refractivity contribution in [3.8, 4) is 0 Å². The molecule has 22 heavy (non-hydrogen) atoms. The van der Waals surface area contributed by atoms with Gasteiger partial charge in [0.2, 0.25) is 0 Å². The number of alkyl carbamates (subject to hydrolysis) is 1. The maximum atomic E-state index is 11.9. The van der Waals surface area contributed by atoms with Crippen LogP contribution in [0.1, 0.15) is 40.0 Å². The molecule has 1 aliphatic heterocycles. The number of esters is 1. The van der Waals surface area contributed by atoms with Gasteiger partial charge in [0.05, 0.1) is 25.0 Å². The third-order valence-electron chi connectivity index (χ3n) is 3.47. The monoisotopic (exact) mass is 335 g/mol. The Hall–Kier alpha value is -1.31. The Balaban J connectivity index is 2.79. The van der Waals surface area contributed by atoms with E-state index >= 15 is 0 Å². The van der Waals surface area contributed by atoms with Crippen LogP contribution in [0.5, 0.6) is 0 Å². The Morgan fingerprint density at radius 1 is 1.18 bits per heavy atom. The standard InChI is InChI=1S/C14H25NO6S/c1-14(2,3)21-13(17)15-11-6-8-22(18,19)7-5-10(11)9-12(16)20-4/h10-11H,5-9H2,1-4H3,(H,15,17)/t10-,11+/m0/s1. The van der Waals surface area contributed by atoms with E-state index in [0.717, 1.165) is 0 Å². The second-order valence-electron chi connectivity index (χ2n) is 6.52. The molecule has 1 heterocycles. The van der Waals surface area contributed by atoms with E-state index in [1.165, 1.54) is 7.11 Å². The second kappa shape index (κ2) is 7.30. The highest BCUT2D eigenvalue weighted by atomic mass is 32.2. The largest absolute Gasteiger partial charge is 0.469 e. The van der Waals surface area contributed by atoms with Crippen molar-refractivity contribution in [2.75, 3.05) is 18.6 Å². The normalized spacial score (nSPS) is 24.9. The SMILES string of the molecule is COC(=O)C[C@@H]1CCS(=O)(=O)CC[C@H]1NC(=O)OC(C)(C)C. The first-order valence-electron chi connectivity index (χ1n) is 7.29. The van der Waals surface area contributed by atoms with Crippen molar-refractivity contribution >= 4 is 21.9 Å². The minimum Gasteiger partial charge on any atom is -0.469 e. The van der Waals surface area contributed by atoms with Crippen molar-refractivity contribution in [3.05, 3.63) is 0 Å². The molecular weight excluding hydrogens is 310 g/mol. The van der Waals surface area contributed by atoms with Crippen molar-refractivity contribution < 1.29 is 27.5 Å². The predicted molar refractivity (Wildman–Crippen MR) is 81.2 cm³/mol. The summed E-state index contributed by atoms with van der Waals surface area (Å²) in [5, 5.41) is 2.70. The maximum Gasteiger partial charge on any atom is 0.407 e. The van der Waals surface area contributed by atoms with Gasteiger partial charge in [-0.1, -0.05) is 0 Å². The molecule has 1 rings (SSSR count). The molecule has 1 saturated heterocycles. The van der Waals surface area contributed by atoms with E-state index in [1.807, 2.05) is 0 Å². The number of rotatable bonds is 3. The van der Waals surface area contributed by atoms with Crippen LogP contribution >= 0.6 is 0 Å². The number of carbonyl (C=O) groups excluding carboxylic acids is 2. The number of nitrogens with one attached hydrogen (secondary N) is 1. The van der Waals surface area contributed by atoms with Crippen molar-refractivity contribution in [3.63, 3.8) is 0 Å². The fourth-order valence-electron chi connectivity index (χ4n) is 2.37. The molecule has 8 heteroatoms. The number of amides is 1. The van der Waals surface area contributed by atoms with Gasteiger partial charge in [-0.2, -0.15) is 0 Å². The third kappa shape index (κ3) is 6.64. The number of hydrogen-bond acceptors (Lipinski definition) is 6. The van der Waals surface area contributed by atoms with Gasteiger partial charge in [-0.05, 0) is 39.5 Å². The molecule has 0 spiro atoms. The van der Waals surface area contributed by atoms with Crippen LogP contribution in [0.15, 0.2) is 0 Å². The Labute approximate surface area is 131 Å². The lowest BCUT2D eigenvalue weighted by molar-refractivity contribution is -0.142. The zero-order chi connectivity index (χ0) is 17.0. The molecule has 0 aromatic heterocycles. The average molecular weight is 335 g/mol. The Bertz CT molecular complexity index is 508. The zero-order valence-electron chi connectivity index (χ0n) is 13.5. The van der Waals surface area contributed by atoms with E-state index in [2.05, 4.69) is 10.1 Å². The number of hydrogen-bond donors (Lipinski definition) is 1. The fraction of sp³-hybridized carbons (Fsp3) is 0.857. The second-order valence-corrected chi connectivity index (χ2v) is 8.83. The summed E-state index contributed by atoms with van der Waals surface area (Å²) in [5.41, 5.74) is -0.640. The molecular formula is C14H25NO6S. The number of carbonyl (C=O) groups is 2. The first kappa shape index (κ1) is 18.7. The highest BCUT2D eigenvalue weighted by Crippen LogP contribution is 2.23. The van der Waals surface area contributed by atoms with Crippen molar-refractivity contribution in [1.29, 1.82) is 0 Å². The lowest BCUT2D eigenvalue weighted by Crippen LogP contribution is -2.43. The summed E-state index contributed by atoms with van der Waals surface area (Å²) in [4.78, 5) is 23.4. The molecule has 1 amide bonds. The molecule has 1 aliphatic rings. The first-order chi connectivity index (χ1) is 10.0. The van der Waals surface area contributed by atoms with Crippen molar-refractivity contribution in [2.24, 2.45) is 5.92 Å². The quantitative estimate of drug-likeness (QED) is 0.780. The van der Waals surface area contributed by atoms with Crippen LogP contribution in [-0.4, -0.2) is 50.7 Å². The van der Waals surface area contributed by atoms with Gasteiger partial charge in [-0.25, -0.2) is 13.2 Å². The van der Waals surface area contributed by atoms with Gasteiger partial charge in [-0.15, -0.1) is 0 Å². The lowest BCUT2D eigenvalue weighted by atomic mass is 9.92. The molecule has 0 radical (unpaired) electrons.